The van der Waals surface area contributed by atoms with Crippen LogP contribution in [0.25, 0.3) is 11.5 Å². The molecule has 0 saturated carbocycles. The fourth-order valence-electron chi connectivity index (χ4n) is 3.07. The lowest BCUT2D eigenvalue weighted by Crippen LogP contribution is -2.27. The number of alkyl halides is 3. The molecule has 1 aromatic carbocycles. The average Bonchev–Trinajstić information content (AvgIpc) is 3.17. The molecule has 0 fully saturated rings. The molecule has 0 saturated heterocycles. The Morgan fingerprint density at radius 2 is 1.58 bits per heavy atom. The van der Waals surface area contributed by atoms with E-state index in [0.29, 0.717) is 23.0 Å². The molecule has 7 nitrogen and oxygen atoms in total. The molecule has 0 amide bonds. The van der Waals surface area contributed by atoms with E-state index in [-0.39, 0.29) is 17.2 Å². The zero-order chi connectivity index (χ0) is 24.4. The first-order valence-corrected chi connectivity index (χ1v) is 10.5. The summed E-state index contributed by atoms with van der Waals surface area (Å²) >= 11 is 0. The zero-order valence-electron chi connectivity index (χ0n) is 19.4. The van der Waals surface area contributed by atoms with E-state index in [4.69, 9.17) is 9.47 Å². The molecule has 0 aliphatic carbocycles. The van der Waals surface area contributed by atoms with Crippen LogP contribution < -0.4 is 14.8 Å². The fraction of sp³-hybridized carbons (Fsp3) is 0.435. The van der Waals surface area contributed by atoms with Crippen molar-refractivity contribution in [3.63, 3.8) is 0 Å². The van der Waals surface area contributed by atoms with Gasteiger partial charge in [-0.3, -0.25) is 0 Å². The minimum Gasteiger partial charge on any atom is -0.497 e. The minimum atomic E-state index is -4.51. The van der Waals surface area contributed by atoms with Crippen molar-refractivity contribution in [2.75, 3.05) is 12.4 Å². The van der Waals surface area contributed by atoms with Crippen LogP contribution in [-0.2, 0) is 0 Å². The predicted octanol–water partition coefficient (Wildman–Crippen LogP) is 5.82. The van der Waals surface area contributed by atoms with E-state index in [1.807, 2.05) is 20.8 Å². The van der Waals surface area contributed by atoms with Crippen LogP contribution in [0.15, 0.2) is 42.5 Å². The lowest BCUT2D eigenvalue weighted by Gasteiger charge is -2.21. The average molecular weight is 464 g/mol. The molecule has 3 aromatic rings. The maximum absolute atomic E-state index is 13.6. The Morgan fingerprint density at radius 1 is 0.939 bits per heavy atom. The number of pyridine rings is 1. The van der Waals surface area contributed by atoms with Crippen LogP contribution in [0.1, 0.15) is 52.6 Å². The van der Waals surface area contributed by atoms with Gasteiger partial charge in [0.15, 0.2) is 17.8 Å². The second-order valence-corrected chi connectivity index (χ2v) is 8.67. The summed E-state index contributed by atoms with van der Waals surface area (Å²) in [6.45, 7) is 8.61. The highest BCUT2D eigenvalue weighted by atomic mass is 19.4. The lowest BCUT2D eigenvalue weighted by atomic mass is 10.1. The lowest BCUT2D eigenvalue weighted by molar-refractivity contribution is -0.166. The van der Waals surface area contributed by atoms with Gasteiger partial charge in [-0.15, -0.1) is 5.10 Å². The summed E-state index contributed by atoms with van der Waals surface area (Å²) in [4.78, 5) is 8.88. The second kappa shape index (κ2) is 9.29. The highest BCUT2D eigenvalue weighted by molar-refractivity contribution is 5.53. The van der Waals surface area contributed by atoms with Gasteiger partial charge in [0, 0.05) is 5.54 Å². The van der Waals surface area contributed by atoms with Crippen LogP contribution in [-0.4, -0.2) is 38.6 Å². The summed E-state index contributed by atoms with van der Waals surface area (Å²) in [5.41, 5.74) is 0.116. The normalized spacial score (nSPS) is 14.0. The zero-order valence-corrected chi connectivity index (χ0v) is 19.4. The SMILES string of the molecule is COc1ccc(OC(C)c2nc(-c3cccc(NC(C)(C)C)n3)nn2C(C)C(F)(F)F)cc1. The molecule has 1 N–H and O–H groups in total. The Labute approximate surface area is 191 Å². The van der Waals surface area contributed by atoms with Gasteiger partial charge in [0.05, 0.1) is 7.11 Å². The van der Waals surface area contributed by atoms with Crippen molar-refractivity contribution in [2.45, 2.75) is 58.5 Å². The van der Waals surface area contributed by atoms with E-state index in [1.165, 1.54) is 0 Å². The fourth-order valence-corrected chi connectivity index (χ4v) is 3.07. The molecular formula is C23H28F3N5O2. The number of methoxy groups -OCH3 is 1. The van der Waals surface area contributed by atoms with Crippen molar-refractivity contribution in [1.82, 2.24) is 19.7 Å². The van der Waals surface area contributed by atoms with Gasteiger partial charge in [0.2, 0.25) is 0 Å². The Kier molecular flexibility index (Phi) is 6.85. The van der Waals surface area contributed by atoms with Crippen molar-refractivity contribution in [3.8, 4) is 23.0 Å². The summed E-state index contributed by atoms with van der Waals surface area (Å²) in [6.07, 6.45) is -5.32. The number of ether oxygens (including phenoxy) is 2. The Morgan fingerprint density at radius 3 is 2.15 bits per heavy atom. The van der Waals surface area contributed by atoms with Crippen LogP contribution in [0, 0.1) is 0 Å². The van der Waals surface area contributed by atoms with Gasteiger partial charge in [-0.25, -0.2) is 14.6 Å². The molecule has 2 unspecified atom stereocenters. The smallest absolute Gasteiger partial charge is 0.410 e. The molecule has 33 heavy (non-hydrogen) atoms. The van der Waals surface area contributed by atoms with Crippen LogP contribution in [0.2, 0.25) is 0 Å². The topological polar surface area (TPSA) is 74.1 Å². The summed E-state index contributed by atoms with van der Waals surface area (Å²) in [5.74, 6) is 1.81. The number of halogens is 3. The summed E-state index contributed by atoms with van der Waals surface area (Å²) < 4.78 is 52.6. The molecule has 10 heteroatoms. The molecule has 2 aromatic heterocycles. The van der Waals surface area contributed by atoms with Crippen molar-refractivity contribution in [3.05, 3.63) is 48.3 Å². The second-order valence-electron chi connectivity index (χ2n) is 8.67. The molecule has 0 spiro atoms. The van der Waals surface area contributed by atoms with Gasteiger partial charge in [0.1, 0.15) is 29.1 Å². The van der Waals surface area contributed by atoms with Crippen LogP contribution >= 0.6 is 0 Å². The molecule has 2 atom stereocenters. The van der Waals surface area contributed by atoms with Gasteiger partial charge in [-0.2, -0.15) is 13.2 Å². The highest BCUT2D eigenvalue weighted by Crippen LogP contribution is 2.34. The third-order valence-corrected chi connectivity index (χ3v) is 4.72. The standard InChI is InChI=1S/C23H28F3N5O2/c1-14(33-17-12-10-16(32-6)11-13-17)21-28-20(30-31(21)15(2)23(24,25)26)18-8-7-9-19(27-18)29-22(3,4)5/h7-15H,1-6H3,(H,27,29). The number of nitrogens with one attached hydrogen (secondary N) is 1. The molecule has 178 valence electrons. The number of anilines is 1. The summed E-state index contributed by atoms with van der Waals surface area (Å²) in [7, 11) is 1.54. The molecule has 0 radical (unpaired) electrons. The first-order chi connectivity index (χ1) is 15.4. The highest BCUT2D eigenvalue weighted by Gasteiger charge is 2.40. The van der Waals surface area contributed by atoms with Crippen molar-refractivity contribution < 1.29 is 22.6 Å². The van der Waals surface area contributed by atoms with Gasteiger partial charge in [-0.1, -0.05) is 6.07 Å². The van der Waals surface area contributed by atoms with Crippen molar-refractivity contribution in [1.29, 1.82) is 0 Å². The third-order valence-electron chi connectivity index (χ3n) is 4.72. The van der Waals surface area contributed by atoms with Crippen LogP contribution in [0.5, 0.6) is 11.5 Å². The van der Waals surface area contributed by atoms with E-state index in [1.54, 1.807) is 56.5 Å². The number of aromatic nitrogens is 4. The Bertz CT molecular complexity index is 1070. The monoisotopic (exact) mass is 463 g/mol. The quantitative estimate of drug-likeness (QED) is 0.476. The summed E-state index contributed by atoms with van der Waals surface area (Å²) in [5, 5.41) is 7.41. The van der Waals surface area contributed by atoms with E-state index < -0.39 is 18.3 Å². The van der Waals surface area contributed by atoms with Gasteiger partial charge >= 0.3 is 6.18 Å². The minimum absolute atomic E-state index is 0.0432. The Hall–Kier alpha value is -3.30. The number of nitrogens with zero attached hydrogens (tertiary/aromatic N) is 4. The van der Waals surface area contributed by atoms with Crippen molar-refractivity contribution in [2.24, 2.45) is 0 Å². The van der Waals surface area contributed by atoms with Gasteiger partial charge < -0.3 is 14.8 Å². The maximum Gasteiger partial charge on any atom is 0.410 e. The van der Waals surface area contributed by atoms with Gasteiger partial charge in [0.25, 0.3) is 0 Å². The first kappa shape index (κ1) is 24.3. The molecule has 0 bridgehead atoms. The Balaban J connectivity index is 1.98. The molecule has 2 heterocycles. The predicted molar refractivity (Wildman–Crippen MR) is 119 cm³/mol. The molecule has 0 aliphatic heterocycles. The largest absolute Gasteiger partial charge is 0.497 e. The third kappa shape index (κ3) is 6.15. The van der Waals surface area contributed by atoms with E-state index in [2.05, 4.69) is 20.4 Å². The maximum atomic E-state index is 13.6. The van der Waals surface area contributed by atoms with E-state index >= 15 is 0 Å². The number of hydrogen-bond acceptors (Lipinski definition) is 6. The van der Waals surface area contributed by atoms with Crippen LogP contribution in [0.4, 0.5) is 19.0 Å². The van der Waals surface area contributed by atoms with Crippen molar-refractivity contribution >= 4 is 5.82 Å². The first-order valence-electron chi connectivity index (χ1n) is 10.5. The number of hydrogen-bond donors (Lipinski definition) is 1. The number of benzene rings is 1. The van der Waals surface area contributed by atoms with E-state index in [0.717, 1.165) is 11.6 Å². The summed E-state index contributed by atoms with van der Waals surface area (Å²) in [6, 6.07) is 10.0. The number of rotatable bonds is 7. The van der Waals surface area contributed by atoms with Crippen LogP contribution in [0.3, 0.4) is 0 Å². The molecular weight excluding hydrogens is 435 g/mol. The van der Waals surface area contributed by atoms with Gasteiger partial charge in [-0.05, 0) is 71.0 Å². The molecule has 0 aliphatic rings. The molecule has 3 rings (SSSR count). The van der Waals surface area contributed by atoms with E-state index in [9.17, 15) is 13.2 Å².